The zero-order valence-electron chi connectivity index (χ0n) is 13.1. The molecule has 1 aromatic carbocycles. The maximum absolute atomic E-state index is 5.66. The molecule has 4 rings (SSSR count). The monoisotopic (exact) mass is 297 g/mol. The Morgan fingerprint density at radius 3 is 2.77 bits per heavy atom. The minimum atomic E-state index is 0.0125. The van der Waals surface area contributed by atoms with Gasteiger partial charge in [-0.15, -0.1) is 0 Å². The highest BCUT2D eigenvalue weighted by atomic mass is 16.5. The van der Waals surface area contributed by atoms with Crippen molar-refractivity contribution in [1.29, 1.82) is 0 Å². The topological polar surface area (TPSA) is 39.1 Å². The first-order valence-corrected chi connectivity index (χ1v) is 8.29. The Hall–Kier alpha value is -1.97. The Labute approximate surface area is 131 Å². The lowest BCUT2D eigenvalue weighted by Crippen LogP contribution is -2.25. The lowest BCUT2D eigenvalue weighted by atomic mass is 9.75. The van der Waals surface area contributed by atoms with Crippen LogP contribution in [0.15, 0.2) is 30.3 Å². The molecule has 2 aliphatic rings. The van der Waals surface area contributed by atoms with E-state index >= 15 is 0 Å². The maximum atomic E-state index is 5.66. The van der Waals surface area contributed by atoms with Crippen LogP contribution in [0.25, 0.3) is 0 Å². The van der Waals surface area contributed by atoms with Crippen molar-refractivity contribution in [3.05, 3.63) is 41.6 Å². The first-order chi connectivity index (χ1) is 10.8. The van der Waals surface area contributed by atoms with E-state index in [0.29, 0.717) is 0 Å². The van der Waals surface area contributed by atoms with Crippen molar-refractivity contribution in [2.45, 2.75) is 44.1 Å². The van der Waals surface area contributed by atoms with Gasteiger partial charge in [-0.3, -0.25) is 0 Å². The Kier molecular flexibility index (Phi) is 3.32. The third kappa shape index (κ3) is 2.01. The molecule has 0 bridgehead atoms. The van der Waals surface area contributed by atoms with E-state index in [2.05, 4.69) is 34.3 Å². The molecule has 1 N–H and O–H groups in total. The van der Waals surface area contributed by atoms with Crippen LogP contribution in [0.2, 0.25) is 0 Å². The summed E-state index contributed by atoms with van der Waals surface area (Å²) in [6.07, 6.45) is 5.98. The highest BCUT2D eigenvalue weighted by molar-refractivity contribution is 5.50. The third-order valence-electron chi connectivity index (χ3n) is 5.20. The summed E-state index contributed by atoms with van der Waals surface area (Å²) in [5.41, 5.74) is 2.52. The van der Waals surface area contributed by atoms with Gasteiger partial charge < -0.3 is 10.1 Å². The summed E-state index contributed by atoms with van der Waals surface area (Å²) >= 11 is 0. The minimum Gasteiger partial charge on any atom is -0.496 e. The largest absolute Gasteiger partial charge is 0.496 e. The average molecular weight is 297 g/mol. The number of ether oxygens (including phenoxy) is 1. The molecular weight excluding hydrogens is 274 g/mol. The van der Waals surface area contributed by atoms with Gasteiger partial charge in [-0.1, -0.05) is 31.0 Å². The van der Waals surface area contributed by atoms with E-state index < -0.39 is 0 Å². The smallest absolute Gasteiger partial charge is 0.124 e. The van der Waals surface area contributed by atoms with Gasteiger partial charge >= 0.3 is 0 Å². The molecule has 0 unspecified atom stereocenters. The summed E-state index contributed by atoms with van der Waals surface area (Å²) in [4.78, 5) is 0. The van der Waals surface area contributed by atoms with E-state index in [9.17, 15) is 0 Å². The quantitative estimate of drug-likeness (QED) is 0.941. The summed E-state index contributed by atoms with van der Waals surface area (Å²) in [5.74, 6) is 2.16. The predicted molar refractivity (Wildman–Crippen MR) is 87.6 cm³/mol. The molecule has 116 valence electrons. The molecule has 22 heavy (non-hydrogen) atoms. The molecule has 1 aliphatic carbocycles. The maximum Gasteiger partial charge on any atom is 0.124 e. The second-order valence-corrected chi connectivity index (χ2v) is 6.41. The van der Waals surface area contributed by atoms with E-state index in [0.717, 1.165) is 38.1 Å². The van der Waals surface area contributed by atoms with Crippen molar-refractivity contribution < 1.29 is 4.74 Å². The highest BCUT2D eigenvalue weighted by Crippen LogP contribution is 2.49. The van der Waals surface area contributed by atoms with E-state index in [4.69, 9.17) is 9.84 Å². The standard InChI is InChI=1S/C18H23N3O/c1-22-15-8-3-2-7-14(15)18(9-4-5-10-18)16-13-17-19-11-6-12-21(17)20-16/h2-3,7-8,13,19H,4-6,9-12H2,1H3. The lowest BCUT2D eigenvalue weighted by Gasteiger charge is -2.29. The molecule has 0 radical (unpaired) electrons. The Morgan fingerprint density at radius 1 is 1.18 bits per heavy atom. The van der Waals surface area contributed by atoms with Gasteiger partial charge in [0.1, 0.15) is 11.6 Å². The Balaban J connectivity index is 1.84. The fourth-order valence-electron chi connectivity index (χ4n) is 4.09. The van der Waals surface area contributed by atoms with E-state index in [1.165, 1.54) is 29.9 Å². The van der Waals surface area contributed by atoms with E-state index in [1.807, 2.05) is 6.07 Å². The average Bonchev–Trinajstić information content (AvgIpc) is 3.22. The van der Waals surface area contributed by atoms with Crippen molar-refractivity contribution in [1.82, 2.24) is 9.78 Å². The molecule has 0 saturated heterocycles. The minimum absolute atomic E-state index is 0.0125. The summed E-state index contributed by atoms with van der Waals surface area (Å²) < 4.78 is 7.79. The number of para-hydroxylation sites is 1. The molecular formula is C18H23N3O. The fraction of sp³-hybridized carbons (Fsp3) is 0.500. The number of aryl methyl sites for hydroxylation is 1. The van der Waals surface area contributed by atoms with Crippen LogP contribution in [0.1, 0.15) is 43.4 Å². The third-order valence-corrected chi connectivity index (χ3v) is 5.20. The molecule has 1 aromatic heterocycles. The zero-order chi connectivity index (χ0) is 15.0. The predicted octanol–water partition coefficient (Wildman–Crippen LogP) is 3.57. The summed E-state index contributed by atoms with van der Waals surface area (Å²) in [6, 6.07) is 10.7. The van der Waals surface area contributed by atoms with Crippen molar-refractivity contribution >= 4 is 5.82 Å². The number of nitrogens with zero attached hydrogens (tertiary/aromatic N) is 2. The molecule has 1 fully saturated rings. The van der Waals surface area contributed by atoms with Gasteiger partial charge in [0.25, 0.3) is 0 Å². The van der Waals surface area contributed by atoms with Crippen molar-refractivity contribution in [2.24, 2.45) is 0 Å². The molecule has 0 spiro atoms. The molecule has 4 heteroatoms. The van der Waals surface area contributed by atoms with E-state index in [1.54, 1.807) is 7.11 Å². The zero-order valence-corrected chi connectivity index (χ0v) is 13.1. The molecule has 0 atom stereocenters. The fourth-order valence-corrected chi connectivity index (χ4v) is 4.09. The molecule has 2 heterocycles. The molecule has 1 saturated carbocycles. The number of rotatable bonds is 3. The number of benzene rings is 1. The molecule has 2 aromatic rings. The molecule has 1 aliphatic heterocycles. The summed E-state index contributed by atoms with van der Waals surface area (Å²) in [7, 11) is 1.77. The van der Waals surface area contributed by atoms with Gasteiger partial charge in [-0.2, -0.15) is 5.10 Å². The highest BCUT2D eigenvalue weighted by Gasteiger charge is 2.42. The number of methoxy groups -OCH3 is 1. The molecule has 4 nitrogen and oxygen atoms in total. The number of hydrogen-bond acceptors (Lipinski definition) is 3. The normalized spacial score (nSPS) is 19.5. The van der Waals surface area contributed by atoms with Crippen molar-refractivity contribution in [3.8, 4) is 5.75 Å². The van der Waals surface area contributed by atoms with Gasteiger partial charge in [-0.05, 0) is 25.3 Å². The first kappa shape index (κ1) is 13.7. The van der Waals surface area contributed by atoms with Gasteiger partial charge in [0.05, 0.1) is 12.8 Å². The first-order valence-electron chi connectivity index (χ1n) is 8.29. The van der Waals surface area contributed by atoms with Crippen LogP contribution in [0.5, 0.6) is 5.75 Å². The van der Waals surface area contributed by atoms with Gasteiger partial charge in [0.2, 0.25) is 0 Å². The van der Waals surface area contributed by atoms with Gasteiger partial charge in [0, 0.05) is 30.1 Å². The van der Waals surface area contributed by atoms with Crippen molar-refractivity contribution in [2.75, 3.05) is 19.0 Å². The van der Waals surface area contributed by atoms with Crippen LogP contribution in [-0.4, -0.2) is 23.4 Å². The van der Waals surface area contributed by atoms with Crippen molar-refractivity contribution in [3.63, 3.8) is 0 Å². The number of fused-ring (bicyclic) bond motifs is 1. The summed E-state index contributed by atoms with van der Waals surface area (Å²) in [6.45, 7) is 2.07. The summed E-state index contributed by atoms with van der Waals surface area (Å²) in [5, 5.41) is 8.43. The van der Waals surface area contributed by atoms with Crippen LogP contribution in [0.4, 0.5) is 5.82 Å². The van der Waals surface area contributed by atoms with Crippen LogP contribution >= 0.6 is 0 Å². The SMILES string of the molecule is COc1ccccc1C1(c2cc3n(n2)CCCN3)CCCC1. The van der Waals surface area contributed by atoms with Gasteiger partial charge in [0.15, 0.2) is 0 Å². The number of anilines is 1. The van der Waals surface area contributed by atoms with Crippen LogP contribution in [0, 0.1) is 0 Å². The number of nitrogens with one attached hydrogen (secondary N) is 1. The van der Waals surface area contributed by atoms with Crippen LogP contribution in [0.3, 0.4) is 0 Å². The van der Waals surface area contributed by atoms with Crippen LogP contribution in [-0.2, 0) is 12.0 Å². The number of hydrogen-bond donors (Lipinski definition) is 1. The second kappa shape index (κ2) is 5.34. The van der Waals surface area contributed by atoms with E-state index in [-0.39, 0.29) is 5.41 Å². The Morgan fingerprint density at radius 2 is 2.00 bits per heavy atom. The lowest BCUT2D eigenvalue weighted by molar-refractivity contribution is 0.390. The second-order valence-electron chi connectivity index (χ2n) is 6.41. The Bertz CT molecular complexity index is 647. The molecule has 0 amide bonds. The van der Waals surface area contributed by atoms with Gasteiger partial charge in [-0.25, -0.2) is 4.68 Å². The number of aromatic nitrogens is 2. The van der Waals surface area contributed by atoms with Crippen LogP contribution < -0.4 is 10.1 Å².